The van der Waals surface area contributed by atoms with Crippen LogP contribution in [-0.4, -0.2) is 11.6 Å². The lowest BCUT2D eigenvalue weighted by atomic mass is 10.00. The summed E-state index contributed by atoms with van der Waals surface area (Å²) in [5.74, 6) is -1.72. The maximum absolute atomic E-state index is 12.5. The largest absolute Gasteiger partial charge is 0.460 e. The Labute approximate surface area is 135 Å². The summed E-state index contributed by atoms with van der Waals surface area (Å²) in [6, 6.07) is 12.5. The van der Waals surface area contributed by atoms with Crippen molar-refractivity contribution < 1.29 is 14.0 Å². The van der Waals surface area contributed by atoms with E-state index in [0.29, 0.717) is 27.1 Å². The molecular formula is C18H9ClO4. The number of benzene rings is 2. The molecule has 112 valence electrons. The van der Waals surface area contributed by atoms with Gasteiger partial charge in [-0.25, -0.2) is 0 Å². The smallest absolute Gasteiger partial charge is 0.193 e. The molecule has 0 N–H and O–H groups in total. The normalized spacial score (nSPS) is 14.5. The summed E-state index contributed by atoms with van der Waals surface area (Å²) >= 11 is 5.88. The van der Waals surface area contributed by atoms with E-state index in [4.69, 9.17) is 16.0 Å². The summed E-state index contributed by atoms with van der Waals surface area (Å²) in [7, 11) is 0. The molecule has 1 heterocycles. The highest BCUT2D eigenvalue weighted by Gasteiger charge is 2.41. The van der Waals surface area contributed by atoms with Gasteiger partial charge in [-0.2, -0.15) is 0 Å². The minimum atomic E-state index is -1.10. The number of ketones is 2. The molecule has 4 rings (SSSR count). The molecule has 2 aromatic carbocycles. The maximum atomic E-state index is 12.5. The molecule has 0 radical (unpaired) electrons. The van der Waals surface area contributed by atoms with Crippen molar-refractivity contribution in [2.75, 3.05) is 0 Å². The van der Waals surface area contributed by atoms with Crippen LogP contribution in [0, 0.1) is 0 Å². The molecule has 3 aromatic rings. The Bertz CT molecular complexity index is 1010. The molecule has 0 aliphatic heterocycles. The van der Waals surface area contributed by atoms with E-state index in [1.54, 1.807) is 36.4 Å². The molecule has 0 saturated carbocycles. The number of hydrogen-bond donors (Lipinski definition) is 0. The standard InChI is InChI=1S/C18H9ClO4/c19-9-5-6-14-12(7-9)13(20)8-15(23-14)16-17(21)10-3-1-2-4-11(10)18(16)22/h1-8,16H. The van der Waals surface area contributed by atoms with Gasteiger partial charge in [-0.05, 0) is 18.2 Å². The van der Waals surface area contributed by atoms with Crippen molar-refractivity contribution >= 4 is 34.1 Å². The van der Waals surface area contributed by atoms with Crippen molar-refractivity contribution in [3.8, 4) is 0 Å². The van der Waals surface area contributed by atoms with Gasteiger partial charge in [0.1, 0.15) is 17.3 Å². The summed E-state index contributed by atoms with van der Waals surface area (Å²) in [4.78, 5) is 37.3. The minimum absolute atomic E-state index is 0.0658. The van der Waals surface area contributed by atoms with Gasteiger partial charge < -0.3 is 4.42 Å². The molecular weight excluding hydrogens is 316 g/mol. The summed E-state index contributed by atoms with van der Waals surface area (Å²) < 4.78 is 5.65. The van der Waals surface area contributed by atoms with Gasteiger partial charge in [-0.15, -0.1) is 0 Å². The SMILES string of the molecule is O=C1c2ccccc2C(=O)C1c1cc(=O)c2cc(Cl)ccc2o1. The molecule has 0 saturated heterocycles. The average molecular weight is 325 g/mol. The van der Waals surface area contributed by atoms with Crippen LogP contribution in [0.2, 0.25) is 5.02 Å². The molecule has 5 heteroatoms. The Morgan fingerprint density at radius 2 is 1.52 bits per heavy atom. The maximum Gasteiger partial charge on any atom is 0.193 e. The van der Waals surface area contributed by atoms with Crippen LogP contribution < -0.4 is 5.43 Å². The van der Waals surface area contributed by atoms with E-state index in [9.17, 15) is 14.4 Å². The van der Waals surface area contributed by atoms with Crippen LogP contribution in [0.1, 0.15) is 32.4 Å². The predicted molar refractivity (Wildman–Crippen MR) is 85.3 cm³/mol. The van der Waals surface area contributed by atoms with E-state index < -0.39 is 5.92 Å². The summed E-state index contributed by atoms with van der Waals surface area (Å²) in [6.07, 6.45) is 0. The first-order valence-corrected chi connectivity index (χ1v) is 7.35. The third-order valence-electron chi connectivity index (χ3n) is 3.98. The molecule has 0 unspecified atom stereocenters. The Kier molecular flexibility index (Phi) is 2.96. The van der Waals surface area contributed by atoms with E-state index in [1.807, 2.05) is 0 Å². The van der Waals surface area contributed by atoms with Gasteiger partial charge in [0.25, 0.3) is 0 Å². The van der Waals surface area contributed by atoms with E-state index in [2.05, 4.69) is 0 Å². The number of hydrogen-bond acceptors (Lipinski definition) is 4. The molecule has 0 amide bonds. The number of Topliss-reactive ketones (excluding diaryl/α,β-unsaturated/α-hetero) is 2. The fourth-order valence-corrected chi connectivity index (χ4v) is 3.06. The van der Waals surface area contributed by atoms with Gasteiger partial charge in [0.2, 0.25) is 0 Å². The Balaban J connectivity index is 1.91. The second-order valence-electron chi connectivity index (χ2n) is 5.36. The number of carbonyl (C=O) groups is 2. The quantitative estimate of drug-likeness (QED) is 0.641. The van der Waals surface area contributed by atoms with Crippen LogP contribution in [0.3, 0.4) is 0 Å². The number of fused-ring (bicyclic) bond motifs is 2. The first-order valence-electron chi connectivity index (χ1n) is 6.97. The molecule has 1 aromatic heterocycles. The summed E-state index contributed by atoms with van der Waals surface area (Å²) in [5, 5.41) is 0.731. The lowest BCUT2D eigenvalue weighted by molar-refractivity contribution is 0.0878. The van der Waals surface area contributed by atoms with Crippen molar-refractivity contribution in [3.63, 3.8) is 0 Å². The fourth-order valence-electron chi connectivity index (χ4n) is 2.89. The first kappa shape index (κ1) is 13.9. The van der Waals surface area contributed by atoms with E-state index in [-0.39, 0.29) is 22.8 Å². The zero-order valence-corrected chi connectivity index (χ0v) is 12.5. The molecule has 1 aliphatic carbocycles. The average Bonchev–Trinajstić information content (AvgIpc) is 2.80. The van der Waals surface area contributed by atoms with Crippen LogP contribution in [0.25, 0.3) is 11.0 Å². The second-order valence-corrected chi connectivity index (χ2v) is 5.80. The van der Waals surface area contributed by atoms with E-state index in [0.717, 1.165) is 0 Å². The molecule has 4 nitrogen and oxygen atoms in total. The Hall–Kier alpha value is -2.72. The summed E-state index contributed by atoms with van der Waals surface area (Å²) in [6.45, 7) is 0. The Morgan fingerprint density at radius 1 is 0.870 bits per heavy atom. The van der Waals surface area contributed by atoms with Crippen molar-refractivity contribution in [1.82, 2.24) is 0 Å². The van der Waals surface area contributed by atoms with Crippen molar-refractivity contribution in [3.05, 3.63) is 80.7 Å². The molecule has 0 spiro atoms. The monoisotopic (exact) mass is 324 g/mol. The van der Waals surface area contributed by atoms with Gasteiger partial charge in [-0.3, -0.25) is 14.4 Å². The topological polar surface area (TPSA) is 64.3 Å². The highest BCUT2D eigenvalue weighted by Crippen LogP contribution is 2.34. The predicted octanol–water partition coefficient (Wildman–Crippen LogP) is 3.61. The van der Waals surface area contributed by atoms with Gasteiger partial charge in [0, 0.05) is 22.2 Å². The molecule has 0 bridgehead atoms. The number of rotatable bonds is 1. The van der Waals surface area contributed by atoms with Crippen LogP contribution in [0.5, 0.6) is 0 Å². The highest BCUT2D eigenvalue weighted by atomic mass is 35.5. The second kappa shape index (κ2) is 4.89. The summed E-state index contributed by atoms with van der Waals surface area (Å²) in [5.41, 5.74) is 0.691. The number of halogens is 1. The number of carbonyl (C=O) groups excluding carboxylic acids is 2. The lowest BCUT2D eigenvalue weighted by Gasteiger charge is -2.07. The lowest BCUT2D eigenvalue weighted by Crippen LogP contribution is -2.15. The minimum Gasteiger partial charge on any atom is -0.460 e. The van der Waals surface area contributed by atoms with Gasteiger partial charge in [0.05, 0.1) is 5.39 Å². The van der Waals surface area contributed by atoms with Crippen LogP contribution in [-0.2, 0) is 0 Å². The van der Waals surface area contributed by atoms with Crippen LogP contribution in [0.4, 0.5) is 0 Å². The van der Waals surface area contributed by atoms with Gasteiger partial charge in [0.15, 0.2) is 17.0 Å². The first-order chi connectivity index (χ1) is 11.1. The fraction of sp³-hybridized carbons (Fsp3) is 0.0556. The Morgan fingerprint density at radius 3 is 2.17 bits per heavy atom. The molecule has 1 aliphatic rings. The van der Waals surface area contributed by atoms with Crippen molar-refractivity contribution in [2.24, 2.45) is 0 Å². The third-order valence-corrected chi connectivity index (χ3v) is 4.21. The zero-order chi connectivity index (χ0) is 16.1. The van der Waals surface area contributed by atoms with Crippen LogP contribution in [0.15, 0.2) is 57.7 Å². The van der Waals surface area contributed by atoms with Crippen molar-refractivity contribution in [2.45, 2.75) is 5.92 Å². The zero-order valence-electron chi connectivity index (χ0n) is 11.7. The molecule has 0 atom stereocenters. The van der Waals surface area contributed by atoms with E-state index >= 15 is 0 Å². The van der Waals surface area contributed by atoms with E-state index in [1.165, 1.54) is 12.1 Å². The molecule has 23 heavy (non-hydrogen) atoms. The van der Waals surface area contributed by atoms with Crippen molar-refractivity contribution in [1.29, 1.82) is 0 Å². The highest BCUT2D eigenvalue weighted by molar-refractivity contribution is 6.31. The van der Waals surface area contributed by atoms with Gasteiger partial charge >= 0.3 is 0 Å². The molecule has 0 fully saturated rings. The third kappa shape index (κ3) is 2.03. The van der Waals surface area contributed by atoms with Crippen LogP contribution >= 0.6 is 11.6 Å². The van der Waals surface area contributed by atoms with Gasteiger partial charge in [-0.1, -0.05) is 35.9 Å².